The van der Waals surface area contributed by atoms with Gasteiger partial charge in [-0.05, 0) is 19.4 Å². The molecule has 1 unspecified atom stereocenters. The fourth-order valence-corrected chi connectivity index (χ4v) is 2.91. The van der Waals surface area contributed by atoms with Crippen LogP contribution in [0.15, 0.2) is 31.0 Å². The summed E-state index contributed by atoms with van der Waals surface area (Å²) in [5.41, 5.74) is 1.67. The first-order valence-corrected chi connectivity index (χ1v) is 8.00. The molecule has 0 amide bonds. The Morgan fingerprint density at radius 1 is 1.29 bits per heavy atom. The third-order valence-corrected chi connectivity index (χ3v) is 4.14. The largest absolute Gasteiger partial charge is 0.481 e. The molecule has 8 nitrogen and oxygen atoms in total. The first-order valence-electron chi connectivity index (χ1n) is 8.00. The van der Waals surface area contributed by atoms with E-state index >= 15 is 0 Å². The van der Waals surface area contributed by atoms with Gasteiger partial charge in [0.2, 0.25) is 5.88 Å². The van der Waals surface area contributed by atoms with Crippen LogP contribution in [0.3, 0.4) is 0 Å². The average molecular weight is 325 g/mol. The lowest BCUT2D eigenvalue weighted by Gasteiger charge is -2.24. The van der Waals surface area contributed by atoms with Crippen molar-refractivity contribution in [1.29, 1.82) is 0 Å². The smallest absolute Gasteiger partial charge is 0.215 e. The summed E-state index contributed by atoms with van der Waals surface area (Å²) >= 11 is 0. The second-order valence-corrected chi connectivity index (χ2v) is 5.78. The number of methoxy groups -OCH3 is 1. The minimum atomic E-state index is 0.382. The molecule has 4 heterocycles. The molecule has 8 heteroatoms. The molecular formula is C16H19N7O. The Kier molecular flexibility index (Phi) is 3.96. The number of rotatable bonds is 4. The van der Waals surface area contributed by atoms with Gasteiger partial charge in [0.15, 0.2) is 5.82 Å². The minimum Gasteiger partial charge on any atom is -0.481 e. The van der Waals surface area contributed by atoms with Crippen LogP contribution in [0.2, 0.25) is 0 Å². The van der Waals surface area contributed by atoms with Crippen LogP contribution < -0.4 is 15.4 Å². The normalized spacial score (nSPS) is 17.8. The molecule has 0 aromatic carbocycles. The van der Waals surface area contributed by atoms with E-state index in [1.54, 1.807) is 32.0 Å². The number of fused-ring (bicyclic) bond motifs is 1. The number of imidazole rings is 1. The first-order chi connectivity index (χ1) is 11.8. The number of hydrogen-bond donors (Lipinski definition) is 2. The molecule has 0 aliphatic carbocycles. The van der Waals surface area contributed by atoms with E-state index in [4.69, 9.17) is 4.74 Å². The third-order valence-electron chi connectivity index (χ3n) is 4.14. The summed E-state index contributed by atoms with van der Waals surface area (Å²) in [4.78, 5) is 17.5. The molecule has 1 atom stereocenters. The van der Waals surface area contributed by atoms with E-state index < -0.39 is 0 Å². The number of piperidine rings is 1. The minimum absolute atomic E-state index is 0.382. The summed E-state index contributed by atoms with van der Waals surface area (Å²) in [5, 5.41) is 6.83. The van der Waals surface area contributed by atoms with Crippen molar-refractivity contribution in [3.8, 4) is 11.7 Å². The molecule has 1 aliphatic rings. The zero-order valence-electron chi connectivity index (χ0n) is 13.4. The lowest BCUT2D eigenvalue weighted by Crippen LogP contribution is -2.38. The maximum absolute atomic E-state index is 5.20. The highest BCUT2D eigenvalue weighted by Crippen LogP contribution is 2.20. The lowest BCUT2D eigenvalue weighted by atomic mass is 10.1. The van der Waals surface area contributed by atoms with Crippen LogP contribution in [-0.4, -0.2) is 50.7 Å². The predicted octanol–water partition coefficient (Wildman–Crippen LogP) is 1.38. The predicted molar refractivity (Wildman–Crippen MR) is 90.5 cm³/mol. The zero-order chi connectivity index (χ0) is 16.4. The van der Waals surface area contributed by atoms with E-state index in [1.807, 2.05) is 10.6 Å². The van der Waals surface area contributed by atoms with Gasteiger partial charge in [-0.15, -0.1) is 0 Å². The molecule has 1 fully saturated rings. The number of nitrogens with zero attached hydrogens (tertiary/aromatic N) is 5. The van der Waals surface area contributed by atoms with E-state index in [1.165, 1.54) is 6.42 Å². The maximum atomic E-state index is 5.20. The Bertz CT molecular complexity index is 841. The molecule has 0 radical (unpaired) electrons. The number of pyridine rings is 1. The van der Waals surface area contributed by atoms with Gasteiger partial charge in [0.1, 0.15) is 17.7 Å². The summed E-state index contributed by atoms with van der Waals surface area (Å²) in [6.07, 6.45) is 9.19. The number of nitrogens with one attached hydrogen (secondary N) is 2. The van der Waals surface area contributed by atoms with Crippen LogP contribution in [0.4, 0.5) is 5.82 Å². The van der Waals surface area contributed by atoms with Gasteiger partial charge in [-0.3, -0.25) is 9.55 Å². The SMILES string of the molecule is COc1cc2c(cn1)ncn2-c1cncc(NC2CCCNC2)n1. The molecule has 0 bridgehead atoms. The molecule has 1 saturated heterocycles. The first kappa shape index (κ1) is 14.8. The average Bonchev–Trinajstić information content (AvgIpc) is 3.06. The summed E-state index contributed by atoms with van der Waals surface area (Å²) in [6, 6.07) is 2.22. The van der Waals surface area contributed by atoms with Gasteiger partial charge in [0.05, 0.1) is 31.2 Å². The van der Waals surface area contributed by atoms with Gasteiger partial charge >= 0.3 is 0 Å². The molecular weight excluding hydrogens is 306 g/mol. The summed E-state index contributed by atoms with van der Waals surface area (Å²) in [5.74, 6) is 2.02. The second-order valence-electron chi connectivity index (χ2n) is 5.78. The molecule has 1 aliphatic heterocycles. The van der Waals surface area contributed by atoms with Gasteiger partial charge in [-0.25, -0.2) is 15.0 Å². The van der Waals surface area contributed by atoms with Crippen molar-refractivity contribution in [2.45, 2.75) is 18.9 Å². The topological polar surface area (TPSA) is 89.8 Å². The third kappa shape index (κ3) is 2.88. The Morgan fingerprint density at radius 3 is 3.08 bits per heavy atom. The molecule has 0 spiro atoms. The van der Waals surface area contributed by atoms with Crippen molar-refractivity contribution >= 4 is 16.9 Å². The molecule has 124 valence electrons. The van der Waals surface area contributed by atoms with Crippen molar-refractivity contribution in [3.63, 3.8) is 0 Å². The summed E-state index contributed by atoms with van der Waals surface area (Å²) < 4.78 is 7.08. The second kappa shape index (κ2) is 6.40. The van der Waals surface area contributed by atoms with Crippen LogP contribution in [0, 0.1) is 0 Å². The van der Waals surface area contributed by atoms with E-state index in [0.29, 0.717) is 17.7 Å². The highest BCUT2D eigenvalue weighted by atomic mass is 16.5. The van der Waals surface area contributed by atoms with Gasteiger partial charge in [0, 0.05) is 18.7 Å². The monoisotopic (exact) mass is 325 g/mol. The Morgan fingerprint density at radius 2 is 2.25 bits per heavy atom. The fourth-order valence-electron chi connectivity index (χ4n) is 2.91. The quantitative estimate of drug-likeness (QED) is 0.749. The molecule has 0 saturated carbocycles. The van der Waals surface area contributed by atoms with Crippen molar-refractivity contribution in [2.24, 2.45) is 0 Å². The lowest BCUT2D eigenvalue weighted by molar-refractivity contribution is 0.398. The van der Waals surface area contributed by atoms with Crippen LogP contribution in [0.5, 0.6) is 5.88 Å². The highest BCUT2D eigenvalue weighted by molar-refractivity contribution is 5.77. The van der Waals surface area contributed by atoms with Gasteiger partial charge < -0.3 is 15.4 Å². The summed E-state index contributed by atoms with van der Waals surface area (Å²) in [6.45, 7) is 2.03. The van der Waals surface area contributed by atoms with Crippen LogP contribution in [0.25, 0.3) is 16.9 Å². The molecule has 3 aromatic heterocycles. The van der Waals surface area contributed by atoms with Crippen molar-refractivity contribution < 1.29 is 4.74 Å². The number of hydrogen-bond acceptors (Lipinski definition) is 7. The maximum Gasteiger partial charge on any atom is 0.215 e. The zero-order valence-corrected chi connectivity index (χ0v) is 13.4. The van der Waals surface area contributed by atoms with E-state index in [9.17, 15) is 0 Å². The van der Waals surface area contributed by atoms with Crippen molar-refractivity contribution in [1.82, 2.24) is 29.8 Å². The van der Waals surface area contributed by atoms with Crippen molar-refractivity contribution in [3.05, 3.63) is 31.0 Å². The number of aromatic nitrogens is 5. The molecule has 2 N–H and O–H groups in total. The summed E-state index contributed by atoms with van der Waals surface area (Å²) in [7, 11) is 1.59. The van der Waals surface area contributed by atoms with Crippen molar-refractivity contribution in [2.75, 3.05) is 25.5 Å². The van der Waals surface area contributed by atoms with Crippen LogP contribution >= 0.6 is 0 Å². The fraction of sp³-hybridized carbons (Fsp3) is 0.375. The highest BCUT2D eigenvalue weighted by Gasteiger charge is 2.14. The Labute approximate surface area is 139 Å². The van der Waals surface area contributed by atoms with Gasteiger partial charge in [-0.2, -0.15) is 0 Å². The Hall–Kier alpha value is -2.74. The van der Waals surface area contributed by atoms with E-state index in [2.05, 4.69) is 30.6 Å². The van der Waals surface area contributed by atoms with Crippen LogP contribution in [-0.2, 0) is 0 Å². The number of anilines is 1. The Balaban J connectivity index is 1.65. The van der Waals surface area contributed by atoms with Gasteiger partial charge in [0.25, 0.3) is 0 Å². The van der Waals surface area contributed by atoms with E-state index in [0.717, 1.165) is 36.4 Å². The van der Waals surface area contributed by atoms with Crippen LogP contribution in [0.1, 0.15) is 12.8 Å². The molecule has 4 rings (SSSR count). The molecule has 3 aromatic rings. The molecule has 24 heavy (non-hydrogen) atoms. The van der Waals surface area contributed by atoms with Gasteiger partial charge in [-0.1, -0.05) is 0 Å². The number of ether oxygens (including phenoxy) is 1. The standard InChI is InChI=1S/C16H19N7O/c1-24-16-5-13-12(7-19-16)20-10-23(13)15-9-18-8-14(22-15)21-11-3-2-4-17-6-11/h5,7-11,17H,2-4,6H2,1H3,(H,21,22). The van der Waals surface area contributed by atoms with E-state index in [-0.39, 0.29) is 0 Å².